The maximum absolute atomic E-state index is 13.5. The first-order chi connectivity index (χ1) is 17.0. The van der Waals surface area contributed by atoms with E-state index in [1.807, 2.05) is 51.1 Å². The third-order valence-electron chi connectivity index (χ3n) is 6.24. The van der Waals surface area contributed by atoms with Gasteiger partial charge >= 0.3 is 0 Å². The van der Waals surface area contributed by atoms with Gasteiger partial charge in [-0.1, -0.05) is 61.8 Å². The number of rotatable bonds is 13. The van der Waals surface area contributed by atoms with Gasteiger partial charge in [0.25, 0.3) is 0 Å². The van der Waals surface area contributed by atoms with Crippen molar-refractivity contribution < 1.29 is 18.0 Å². The molecule has 2 rings (SSSR count). The van der Waals surface area contributed by atoms with Crippen LogP contribution in [0.25, 0.3) is 0 Å². The predicted octanol–water partition coefficient (Wildman–Crippen LogP) is 4.92. The van der Waals surface area contributed by atoms with Crippen molar-refractivity contribution in [3.8, 4) is 0 Å². The van der Waals surface area contributed by atoms with E-state index in [-0.39, 0.29) is 30.8 Å². The fraction of sp³-hybridized carbons (Fsp3) is 0.481. The lowest BCUT2D eigenvalue weighted by Gasteiger charge is -2.32. The fourth-order valence-electron chi connectivity index (χ4n) is 3.99. The summed E-state index contributed by atoms with van der Waals surface area (Å²) in [6, 6.07) is 14.1. The van der Waals surface area contributed by atoms with Gasteiger partial charge < -0.3 is 10.2 Å². The summed E-state index contributed by atoms with van der Waals surface area (Å²) in [5, 5.41) is 3.47. The highest BCUT2D eigenvalue weighted by Gasteiger charge is 2.29. The van der Waals surface area contributed by atoms with Crippen molar-refractivity contribution in [1.82, 2.24) is 10.2 Å². The third kappa shape index (κ3) is 8.23. The molecule has 198 valence electrons. The van der Waals surface area contributed by atoms with Crippen molar-refractivity contribution in [2.75, 3.05) is 17.1 Å². The van der Waals surface area contributed by atoms with Gasteiger partial charge in [0.1, 0.15) is 6.04 Å². The van der Waals surface area contributed by atoms with E-state index in [1.54, 1.807) is 30.0 Å². The smallest absolute Gasteiger partial charge is 0.243 e. The van der Waals surface area contributed by atoms with Gasteiger partial charge in [-0.2, -0.15) is 0 Å². The number of carbonyl (C=O) groups excluding carboxylic acids is 2. The van der Waals surface area contributed by atoms with Gasteiger partial charge in [-0.15, -0.1) is 0 Å². The van der Waals surface area contributed by atoms with Gasteiger partial charge in [0.15, 0.2) is 0 Å². The Hall–Kier alpha value is -2.58. The first-order valence-corrected chi connectivity index (χ1v) is 14.6. The summed E-state index contributed by atoms with van der Waals surface area (Å²) in [7, 11) is -3.59. The first kappa shape index (κ1) is 29.6. The number of nitrogens with zero attached hydrogens (tertiary/aromatic N) is 2. The van der Waals surface area contributed by atoms with E-state index in [9.17, 15) is 18.0 Å². The van der Waals surface area contributed by atoms with Gasteiger partial charge in [0.2, 0.25) is 21.8 Å². The minimum absolute atomic E-state index is 0.00415. The van der Waals surface area contributed by atoms with Crippen LogP contribution in [0.15, 0.2) is 48.5 Å². The molecule has 0 aliphatic rings. The largest absolute Gasteiger partial charge is 0.352 e. The number of hydrogen-bond donors (Lipinski definition) is 1. The van der Waals surface area contributed by atoms with Crippen LogP contribution in [-0.2, 0) is 26.2 Å². The molecule has 0 bridgehead atoms. The second-order valence-corrected chi connectivity index (χ2v) is 11.4. The summed E-state index contributed by atoms with van der Waals surface area (Å²) < 4.78 is 26.4. The lowest BCUT2D eigenvalue weighted by Crippen LogP contribution is -2.50. The zero-order valence-corrected chi connectivity index (χ0v) is 23.4. The number of benzene rings is 2. The maximum Gasteiger partial charge on any atom is 0.243 e. The van der Waals surface area contributed by atoms with Crippen molar-refractivity contribution in [1.29, 1.82) is 0 Å². The van der Waals surface area contributed by atoms with Crippen molar-refractivity contribution >= 4 is 39.1 Å². The van der Waals surface area contributed by atoms with Crippen molar-refractivity contribution in [2.45, 2.75) is 72.0 Å². The summed E-state index contributed by atoms with van der Waals surface area (Å²) >= 11 is 6.22. The van der Waals surface area contributed by atoms with E-state index in [0.29, 0.717) is 35.7 Å². The molecule has 9 heteroatoms. The molecule has 2 amide bonds. The van der Waals surface area contributed by atoms with Crippen LogP contribution in [0, 0.1) is 6.92 Å². The molecular formula is C27H38ClN3O4S. The van der Waals surface area contributed by atoms with Crippen LogP contribution < -0.4 is 9.62 Å². The molecular weight excluding hydrogens is 498 g/mol. The van der Waals surface area contributed by atoms with Crippen LogP contribution >= 0.6 is 11.6 Å². The molecule has 2 atom stereocenters. The van der Waals surface area contributed by atoms with E-state index < -0.39 is 16.1 Å². The average Bonchev–Trinajstić information content (AvgIpc) is 2.83. The SMILES string of the molecule is CC[C@H](C)NC(=O)[C@H](CC)N(Cc1ccccc1)C(=O)CCCN(c1cccc(Cl)c1C)S(C)(=O)=O. The molecule has 36 heavy (non-hydrogen) atoms. The molecule has 0 aromatic heterocycles. The lowest BCUT2D eigenvalue weighted by molar-refractivity contribution is -0.141. The molecule has 0 saturated heterocycles. The molecule has 0 heterocycles. The van der Waals surface area contributed by atoms with Gasteiger partial charge in [0.05, 0.1) is 11.9 Å². The Morgan fingerprint density at radius 3 is 2.28 bits per heavy atom. The topological polar surface area (TPSA) is 86.8 Å². The Labute approximate surface area is 220 Å². The monoisotopic (exact) mass is 535 g/mol. The standard InChI is InChI=1S/C27H38ClN3O4S/c1-6-20(3)29-27(33)24(7-2)30(19-22-13-9-8-10-14-22)26(32)17-12-18-31(36(5,34)35)25-16-11-15-23(28)21(25)4/h8-11,13-16,20,24H,6-7,12,17-19H2,1-5H3,(H,29,33)/t20-,24-/m0/s1. The molecule has 0 aliphatic heterocycles. The highest BCUT2D eigenvalue weighted by Crippen LogP contribution is 2.28. The Balaban J connectivity index is 2.23. The highest BCUT2D eigenvalue weighted by molar-refractivity contribution is 7.92. The summed E-state index contributed by atoms with van der Waals surface area (Å²) in [5.74, 6) is -0.371. The van der Waals surface area contributed by atoms with E-state index in [1.165, 1.54) is 4.31 Å². The predicted molar refractivity (Wildman–Crippen MR) is 147 cm³/mol. The van der Waals surface area contributed by atoms with Crippen LogP contribution in [0.3, 0.4) is 0 Å². The average molecular weight is 536 g/mol. The Morgan fingerprint density at radius 2 is 1.69 bits per heavy atom. The number of anilines is 1. The number of carbonyl (C=O) groups is 2. The van der Waals surface area contributed by atoms with E-state index in [0.717, 1.165) is 18.2 Å². The lowest BCUT2D eigenvalue weighted by atomic mass is 10.1. The maximum atomic E-state index is 13.5. The van der Waals surface area contributed by atoms with Crippen LogP contribution in [0.5, 0.6) is 0 Å². The molecule has 1 N–H and O–H groups in total. The molecule has 7 nitrogen and oxygen atoms in total. The van der Waals surface area contributed by atoms with E-state index in [2.05, 4.69) is 5.32 Å². The second-order valence-electron chi connectivity index (χ2n) is 9.07. The number of sulfonamides is 1. The summed E-state index contributed by atoms with van der Waals surface area (Å²) in [6.07, 6.45) is 2.80. The van der Waals surface area contributed by atoms with Crippen LogP contribution in [0.4, 0.5) is 5.69 Å². The quantitative estimate of drug-likeness (QED) is 0.394. The molecule has 0 aliphatic carbocycles. The second kappa shape index (κ2) is 13.7. The molecule has 0 saturated carbocycles. The van der Waals surface area contributed by atoms with Crippen molar-refractivity contribution in [3.05, 3.63) is 64.7 Å². The normalized spacial score (nSPS) is 13.1. The molecule has 2 aromatic rings. The molecule has 2 aromatic carbocycles. The molecule has 0 unspecified atom stereocenters. The Bertz CT molecular complexity index is 1130. The zero-order chi connectivity index (χ0) is 26.9. The Kier molecular flexibility index (Phi) is 11.2. The first-order valence-electron chi connectivity index (χ1n) is 12.4. The summed E-state index contributed by atoms with van der Waals surface area (Å²) in [6.45, 7) is 8.01. The van der Waals surface area contributed by atoms with Gasteiger partial charge in [-0.25, -0.2) is 8.42 Å². The number of nitrogens with one attached hydrogen (secondary N) is 1. The van der Waals surface area contributed by atoms with Gasteiger partial charge in [-0.3, -0.25) is 13.9 Å². The zero-order valence-electron chi connectivity index (χ0n) is 21.8. The van der Waals surface area contributed by atoms with Gasteiger partial charge in [-0.05, 0) is 56.4 Å². The number of hydrogen-bond acceptors (Lipinski definition) is 4. The fourth-order valence-corrected chi connectivity index (χ4v) is 5.17. The molecule has 0 radical (unpaired) electrons. The minimum atomic E-state index is -3.59. The minimum Gasteiger partial charge on any atom is -0.352 e. The van der Waals surface area contributed by atoms with Crippen molar-refractivity contribution in [3.63, 3.8) is 0 Å². The van der Waals surface area contributed by atoms with Crippen LogP contribution in [0.1, 0.15) is 57.6 Å². The Morgan fingerprint density at radius 1 is 1.03 bits per heavy atom. The van der Waals surface area contributed by atoms with E-state index in [4.69, 9.17) is 11.6 Å². The van der Waals surface area contributed by atoms with E-state index >= 15 is 0 Å². The van der Waals surface area contributed by atoms with Crippen molar-refractivity contribution in [2.24, 2.45) is 0 Å². The third-order valence-corrected chi connectivity index (χ3v) is 7.83. The number of halogens is 1. The highest BCUT2D eigenvalue weighted by atomic mass is 35.5. The van der Waals surface area contributed by atoms with Crippen LogP contribution in [-0.4, -0.2) is 50.0 Å². The summed E-state index contributed by atoms with van der Waals surface area (Å²) in [5.41, 5.74) is 2.08. The van der Waals surface area contributed by atoms with Crippen LogP contribution in [0.2, 0.25) is 5.02 Å². The molecule has 0 spiro atoms. The van der Waals surface area contributed by atoms with Gasteiger partial charge in [0, 0.05) is 30.6 Å². The molecule has 0 fully saturated rings. The summed E-state index contributed by atoms with van der Waals surface area (Å²) in [4.78, 5) is 28.1. The number of amides is 2.